The summed E-state index contributed by atoms with van der Waals surface area (Å²) in [7, 11) is 0. The number of thioether (sulfide) groups is 1. The van der Waals surface area contributed by atoms with E-state index in [1.807, 2.05) is 74.5 Å². The molecule has 0 aliphatic heterocycles. The molecule has 2 amide bonds. The van der Waals surface area contributed by atoms with Crippen molar-refractivity contribution in [2.75, 3.05) is 5.75 Å². The number of rotatable bonds is 12. The van der Waals surface area contributed by atoms with Crippen LogP contribution in [0.15, 0.2) is 83.3 Å². The topological polar surface area (TPSA) is 49.4 Å². The van der Waals surface area contributed by atoms with Crippen molar-refractivity contribution in [3.05, 3.63) is 106 Å². The van der Waals surface area contributed by atoms with Gasteiger partial charge in [0.15, 0.2) is 0 Å². The zero-order chi connectivity index (χ0) is 25.9. The molecule has 0 unspecified atom stereocenters. The molecule has 0 saturated carbocycles. The van der Waals surface area contributed by atoms with Crippen LogP contribution in [0, 0.1) is 6.92 Å². The monoisotopic (exact) mass is 566 g/mol. The number of carbonyl (C=O) groups is 2. The maximum absolute atomic E-state index is 13.7. The third kappa shape index (κ3) is 8.82. The third-order valence-corrected chi connectivity index (χ3v) is 7.57. The highest BCUT2D eigenvalue weighted by molar-refractivity contribution is 9.10. The molecule has 2 atom stereocenters. The molecule has 0 spiro atoms. The first-order chi connectivity index (χ1) is 17.4. The summed E-state index contributed by atoms with van der Waals surface area (Å²) in [5, 5.41) is 3.12. The Kier molecular flexibility index (Phi) is 11.1. The van der Waals surface area contributed by atoms with Gasteiger partial charge < -0.3 is 10.2 Å². The standard InChI is InChI=1S/C30H35BrN2O2S/c1-4-23(3)32-30(35)28(18-24-11-6-5-7-12-24)33(19-25-13-9-15-27(31)17-25)29(34)21-36-20-26-14-8-10-22(2)16-26/h5-17,23,28H,4,18-21H2,1-3H3,(H,32,35)/t23-,28+/m0/s1. The molecule has 3 aromatic rings. The Morgan fingerprint density at radius 3 is 2.33 bits per heavy atom. The minimum Gasteiger partial charge on any atom is -0.352 e. The van der Waals surface area contributed by atoms with E-state index >= 15 is 0 Å². The molecular weight excluding hydrogens is 532 g/mol. The molecule has 190 valence electrons. The van der Waals surface area contributed by atoms with E-state index in [0.29, 0.717) is 18.7 Å². The Labute approximate surface area is 228 Å². The van der Waals surface area contributed by atoms with Crippen LogP contribution < -0.4 is 5.32 Å². The van der Waals surface area contributed by atoms with Crippen molar-refractivity contribution < 1.29 is 9.59 Å². The summed E-state index contributed by atoms with van der Waals surface area (Å²) in [5.74, 6) is 0.915. The summed E-state index contributed by atoms with van der Waals surface area (Å²) in [4.78, 5) is 29.0. The minimum absolute atomic E-state index is 0.0344. The lowest BCUT2D eigenvalue weighted by molar-refractivity contribution is -0.139. The largest absolute Gasteiger partial charge is 0.352 e. The molecule has 3 aromatic carbocycles. The second kappa shape index (κ2) is 14.2. The van der Waals surface area contributed by atoms with Crippen molar-refractivity contribution in [1.82, 2.24) is 10.2 Å². The second-order valence-corrected chi connectivity index (χ2v) is 11.1. The highest BCUT2D eigenvalue weighted by Gasteiger charge is 2.30. The van der Waals surface area contributed by atoms with Crippen LogP contribution in [0.1, 0.15) is 42.5 Å². The molecule has 0 heterocycles. The van der Waals surface area contributed by atoms with E-state index in [1.54, 1.807) is 16.7 Å². The Bertz CT molecular complexity index is 1140. The SMILES string of the molecule is CC[C@H](C)NC(=O)[C@@H](Cc1ccccc1)N(Cc1cccc(Br)c1)C(=O)CSCc1cccc(C)c1. The van der Waals surface area contributed by atoms with Gasteiger partial charge in [-0.15, -0.1) is 11.8 Å². The summed E-state index contributed by atoms with van der Waals surface area (Å²) < 4.78 is 0.949. The fourth-order valence-corrected chi connectivity index (χ4v) is 5.27. The second-order valence-electron chi connectivity index (χ2n) is 9.16. The van der Waals surface area contributed by atoms with Crippen LogP contribution in [-0.2, 0) is 28.3 Å². The van der Waals surface area contributed by atoms with Crippen molar-refractivity contribution >= 4 is 39.5 Å². The number of hydrogen-bond acceptors (Lipinski definition) is 3. The van der Waals surface area contributed by atoms with E-state index in [9.17, 15) is 9.59 Å². The molecule has 4 nitrogen and oxygen atoms in total. The van der Waals surface area contributed by atoms with Gasteiger partial charge in [0, 0.05) is 29.2 Å². The Balaban J connectivity index is 1.85. The van der Waals surface area contributed by atoms with Crippen molar-refractivity contribution in [2.24, 2.45) is 0 Å². The molecule has 0 saturated heterocycles. The van der Waals surface area contributed by atoms with Crippen LogP contribution in [0.25, 0.3) is 0 Å². The fraction of sp³-hybridized carbons (Fsp3) is 0.333. The molecule has 0 bridgehead atoms. The maximum atomic E-state index is 13.7. The molecule has 0 aliphatic carbocycles. The lowest BCUT2D eigenvalue weighted by Gasteiger charge is -2.32. The average Bonchev–Trinajstić information content (AvgIpc) is 2.86. The van der Waals surface area contributed by atoms with Gasteiger partial charge in [-0.25, -0.2) is 0 Å². The maximum Gasteiger partial charge on any atom is 0.243 e. The minimum atomic E-state index is -0.604. The molecule has 0 fully saturated rings. The van der Waals surface area contributed by atoms with E-state index in [2.05, 4.69) is 46.4 Å². The lowest BCUT2D eigenvalue weighted by Crippen LogP contribution is -2.52. The average molecular weight is 568 g/mol. The van der Waals surface area contributed by atoms with Gasteiger partial charge in [-0.3, -0.25) is 9.59 Å². The third-order valence-electron chi connectivity index (χ3n) is 6.09. The molecular formula is C30H35BrN2O2S. The zero-order valence-electron chi connectivity index (χ0n) is 21.2. The smallest absolute Gasteiger partial charge is 0.243 e. The quantitative estimate of drug-likeness (QED) is 0.270. The summed E-state index contributed by atoms with van der Waals surface area (Å²) in [6.07, 6.45) is 1.29. The van der Waals surface area contributed by atoms with Gasteiger partial charge in [0.05, 0.1) is 5.75 Å². The van der Waals surface area contributed by atoms with Crippen molar-refractivity contribution in [2.45, 2.75) is 58.0 Å². The zero-order valence-corrected chi connectivity index (χ0v) is 23.6. The number of halogens is 1. The number of carbonyl (C=O) groups excluding carboxylic acids is 2. The van der Waals surface area contributed by atoms with Crippen molar-refractivity contribution in [3.8, 4) is 0 Å². The lowest BCUT2D eigenvalue weighted by atomic mass is 10.0. The first-order valence-electron chi connectivity index (χ1n) is 12.4. The van der Waals surface area contributed by atoms with Crippen LogP contribution in [-0.4, -0.2) is 34.6 Å². The summed E-state index contributed by atoms with van der Waals surface area (Å²) in [6, 6.07) is 25.6. The van der Waals surface area contributed by atoms with Gasteiger partial charge in [-0.1, -0.05) is 95.1 Å². The number of aryl methyl sites for hydroxylation is 1. The molecule has 3 rings (SSSR count). The summed E-state index contributed by atoms with van der Waals surface area (Å²) in [5.41, 5.74) is 4.42. The van der Waals surface area contributed by atoms with Gasteiger partial charge in [-0.05, 0) is 49.1 Å². The first kappa shape index (κ1) is 28.0. The van der Waals surface area contributed by atoms with Crippen LogP contribution in [0.5, 0.6) is 0 Å². The molecule has 0 radical (unpaired) electrons. The van der Waals surface area contributed by atoms with Crippen molar-refractivity contribution in [1.29, 1.82) is 0 Å². The number of amides is 2. The van der Waals surface area contributed by atoms with E-state index in [0.717, 1.165) is 27.8 Å². The molecule has 36 heavy (non-hydrogen) atoms. The van der Waals surface area contributed by atoms with Gasteiger partial charge in [0.25, 0.3) is 0 Å². The van der Waals surface area contributed by atoms with E-state index < -0.39 is 6.04 Å². The van der Waals surface area contributed by atoms with Crippen LogP contribution in [0.2, 0.25) is 0 Å². The molecule has 0 aromatic heterocycles. The summed E-state index contributed by atoms with van der Waals surface area (Å²) >= 11 is 5.12. The van der Waals surface area contributed by atoms with Gasteiger partial charge in [0.2, 0.25) is 11.8 Å². The number of hydrogen-bond donors (Lipinski definition) is 1. The number of nitrogens with zero attached hydrogens (tertiary/aromatic N) is 1. The van der Waals surface area contributed by atoms with Gasteiger partial charge in [0.1, 0.15) is 6.04 Å². The van der Waals surface area contributed by atoms with Crippen molar-refractivity contribution in [3.63, 3.8) is 0 Å². The highest BCUT2D eigenvalue weighted by atomic mass is 79.9. The van der Waals surface area contributed by atoms with E-state index in [-0.39, 0.29) is 17.9 Å². The van der Waals surface area contributed by atoms with Gasteiger partial charge in [-0.2, -0.15) is 0 Å². The number of nitrogens with one attached hydrogen (secondary N) is 1. The first-order valence-corrected chi connectivity index (χ1v) is 14.3. The Morgan fingerprint density at radius 1 is 0.944 bits per heavy atom. The molecule has 1 N–H and O–H groups in total. The Hall–Kier alpha value is -2.57. The van der Waals surface area contributed by atoms with Crippen LogP contribution in [0.3, 0.4) is 0 Å². The number of benzene rings is 3. The molecule has 6 heteroatoms. The van der Waals surface area contributed by atoms with E-state index in [1.165, 1.54) is 11.1 Å². The van der Waals surface area contributed by atoms with Crippen LogP contribution in [0.4, 0.5) is 0 Å². The normalized spacial score (nSPS) is 12.6. The molecule has 0 aliphatic rings. The van der Waals surface area contributed by atoms with Crippen LogP contribution >= 0.6 is 27.7 Å². The Morgan fingerprint density at radius 2 is 1.64 bits per heavy atom. The fourth-order valence-electron chi connectivity index (χ4n) is 3.97. The van der Waals surface area contributed by atoms with Gasteiger partial charge >= 0.3 is 0 Å². The predicted octanol–water partition coefficient (Wildman–Crippen LogP) is 6.55. The predicted molar refractivity (Wildman–Crippen MR) is 154 cm³/mol. The summed E-state index contributed by atoms with van der Waals surface area (Å²) in [6.45, 7) is 6.48. The van der Waals surface area contributed by atoms with E-state index in [4.69, 9.17) is 0 Å². The highest BCUT2D eigenvalue weighted by Crippen LogP contribution is 2.20.